The van der Waals surface area contributed by atoms with E-state index < -0.39 is 0 Å². The highest BCUT2D eigenvalue weighted by atomic mass is 35.5. The first-order valence-corrected chi connectivity index (χ1v) is 6.74. The van der Waals surface area contributed by atoms with E-state index in [1.54, 1.807) is 31.3 Å². The van der Waals surface area contributed by atoms with Gasteiger partial charge < -0.3 is 5.32 Å². The van der Waals surface area contributed by atoms with Gasteiger partial charge in [0.2, 0.25) is 5.91 Å². The number of hydrogen-bond donors (Lipinski definition) is 1. The van der Waals surface area contributed by atoms with Crippen LogP contribution in [0.25, 0.3) is 0 Å². The van der Waals surface area contributed by atoms with Crippen molar-refractivity contribution in [1.29, 1.82) is 0 Å². The van der Waals surface area contributed by atoms with Gasteiger partial charge in [0.15, 0.2) is 5.78 Å². The van der Waals surface area contributed by atoms with Gasteiger partial charge in [-0.25, -0.2) is 0 Å². The Hall–Kier alpha value is -1.39. The third kappa shape index (κ3) is 3.33. The number of nitrogens with zero attached hydrogens (tertiary/aromatic N) is 1. The molecule has 1 aromatic carbocycles. The van der Waals surface area contributed by atoms with Crippen molar-refractivity contribution in [3.8, 4) is 0 Å². The molecule has 102 valence electrons. The minimum atomic E-state index is -0.187. The molecule has 1 unspecified atom stereocenters. The molecule has 0 aromatic heterocycles. The number of carbonyl (C=O) groups excluding carboxylic acids is 2. The lowest BCUT2D eigenvalue weighted by molar-refractivity contribution is -0.124. The van der Waals surface area contributed by atoms with Crippen molar-refractivity contribution in [1.82, 2.24) is 10.2 Å². The molecular weight excluding hydrogens is 264 g/mol. The highest BCUT2D eigenvalue weighted by Gasteiger charge is 2.31. The number of rotatable bonds is 4. The van der Waals surface area contributed by atoms with Crippen LogP contribution >= 0.6 is 11.6 Å². The van der Waals surface area contributed by atoms with E-state index in [0.717, 1.165) is 19.4 Å². The summed E-state index contributed by atoms with van der Waals surface area (Å²) in [6.07, 6.45) is 1.75. The molecule has 1 amide bonds. The SMILES string of the molecule is CNC(=O)C1CCCN1CC(=O)c1cccc(Cl)c1. The summed E-state index contributed by atoms with van der Waals surface area (Å²) >= 11 is 5.88. The first-order valence-electron chi connectivity index (χ1n) is 6.36. The van der Waals surface area contributed by atoms with Gasteiger partial charge >= 0.3 is 0 Å². The second kappa shape index (κ2) is 6.17. The summed E-state index contributed by atoms with van der Waals surface area (Å²) in [7, 11) is 1.62. The number of Topliss-reactive ketones (excluding diaryl/α,β-unsaturated/α-hetero) is 1. The Kier molecular flexibility index (Phi) is 4.56. The number of likely N-dealkylation sites (N-methyl/N-ethyl adjacent to an activating group) is 1. The first kappa shape index (κ1) is 14.0. The van der Waals surface area contributed by atoms with E-state index in [1.807, 2.05) is 4.90 Å². The molecule has 1 N–H and O–H groups in total. The first-order chi connectivity index (χ1) is 9.11. The van der Waals surface area contributed by atoms with Crippen LogP contribution in [-0.4, -0.2) is 42.8 Å². The van der Waals surface area contributed by atoms with Crippen LogP contribution in [0.15, 0.2) is 24.3 Å². The predicted molar refractivity (Wildman–Crippen MR) is 74.4 cm³/mol. The van der Waals surface area contributed by atoms with Gasteiger partial charge in [-0.1, -0.05) is 23.7 Å². The molecular formula is C14H17ClN2O2. The quantitative estimate of drug-likeness (QED) is 0.855. The third-order valence-electron chi connectivity index (χ3n) is 3.41. The normalized spacial score (nSPS) is 19.4. The second-order valence-electron chi connectivity index (χ2n) is 4.68. The van der Waals surface area contributed by atoms with Crippen LogP contribution in [-0.2, 0) is 4.79 Å². The number of hydrogen-bond acceptors (Lipinski definition) is 3. The Labute approximate surface area is 117 Å². The number of ketones is 1. The molecule has 1 heterocycles. The monoisotopic (exact) mass is 280 g/mol. The lowest BCUT2D eigenvalue weighted by Gasteiger charge is -2.22. The van der Waals surface area contributed by atoms with Gasteiger partial charge in [-0.2, -0.15) is 0 Å². The van der Waals surface area contributed by atoms with E-state index in [2.05, 4.69) is 5.32 Å². The predicted octanol–water partition coefficient (Wildman–Crippen LogP) is 1.73. The van der Waals surface area contributed by atoms with Crippen molar-refractivity contribution in [3.05, 3.63) is 34.9 Å². The molecule has 2 rings (SSSR count). The smallest absolute Gasteiger partial charge is 0.237 e. The number of amides is 1. The molecule has 0 aliphatic carbocycles. The van der Waals surface area contributed by atoms with E-state index in [4.69, 9.17) is 11.6 Å². The van der Waals surface area contributed by atoms with Crippen LogP contribution in [0.4, 0.5) is 0 Å². The van der Waals surface area contributed by atoms with Crippen molar-refractivity contribution in [2.24, 2.45) is 0 Å². The van der Waals surface area contributed by atoms with Gasteiger partial charge in [-0.05, 0) is 31.5 Å². The van der Waals surface area contributed by atoms with Crippen molar-refractivity contribution < 1.29 is 9.59 Å². The van der Waals surface area contributed by atoms with Crippen molar-refractivity contribution in [2.45, 2.75) is 18.9 Å². The van der Waals surface area contributed by atoms with E-state index >= 15 is 0 Å². The topological polar surface area (TPSA) is 49.4 Å². The molecule has 0 bridgehead atoms. The standard InChI is InChI=1S/C14H17ClN2O2/c1-16-14(19)12-6-3-7-17(12)9-13(18)10-4-2-5-11(15)8-10/h2,4-5,8,12H,3,6-7,9H2,1H3,(H,16,19). The van der Waals surface area contributed by atoms with E-state index in [9.17, 15) is 9.59 Å². The average Bonchev–Trinajstić information content (AvgIpc) is 2.86. The lowest BCUT2D eigenvalue weighted by atomic mass is 10.1. The summed E-state index contributed by atoms with van der Waals surface area (Å²) < 4.78 is 0. The van der Waals surface area contributed by atoms with Crippen molar-refractivity contribution in [2.75, 3.05) is 20.1 Å². The zero-order chi connectivity index (χ0) is 13.8. The highest BCUT2D eigenvalue weighted by Crippen LogP contribution is 2.18. The molecule has 0 radical (unpaired) electrons. The maximum atomic E-state index is 12.2. The molecule has 1 aliphatic rings. The maximum Gasteiger partial charge on any atom is 0.237 e. The fraction of sp³-hybridized carbons (Fsp3) is 0.429. The molecule has 0 spiro atoms. The number of halogens is 1. The van der Waals surface area contributed by atoms with Crippen LogP contribution in [0.5, 0.6) is 0 Å². The Morgan fingerprint density at radius 2 is 2.26 bits per heavy atom. The summed E-state index contributed by atoms with van der Waals surface area (Å²) in [6.45, 7) is 1.04. The largest absolute Gasteiger partial charge is 0.358 e. The number of carbonyl (C=O) groups is 2. The Morgan fingerprint density at radius 3 is 2.95 bits per heavy atom. The maximum absolute atomic E-state index is 12.2. The molecule has 1 atom stereocenters. The van der Waals surface area contributed by atoms with Crippen LogP contribution in [0.1, 0.15) is 23.2 Å². The number of likely N-dealkylation sites (tertiary alicyclic amines) is 1. The highest BCUT2D eigenvalue weighted by molar-refractivity contribution is 6.31. The minimum absolute atomic E-state index is 0.00157. The second-order valence-corrected chi connectivity index (χ2v) is 5.11. The molecule has 1 saturated heterocycles. The van der Waals surface area contributed by atoms with Crippen LogP contribution in [0.2, 0.25) is 5.02 Å². The molecule has 4 nitrogen and oxygen atoms in total. The number of benzene rings is 1. The fourth-order valence-electron chi connectivity index (χ4n) is 2.42. The van der Waals surface area contributed by atoms with Gasteiger partial charge in [0.25, 0.3) is 0 Å². The Balaban J connectivity index is 2.04. The van der Waals surface area contributed by atoms with Gasteiger partial charge in [0, 0.05) is 17.6 Å². The third-order valence-corrected chi connectivity index (χ3v) is 3.64. The summed E-state index contributed by atoms with van der Waals surface area (Å²) in [4.78, 5) is 25.8. The molecule has 1 fully saturated rings. The van der Waals surface area contributed by atoms with Crippen LogP contribution in [0, 0.1) is 0 Å². The average molecular weight is 281 g/mol. The number of nitrogens with one attached hydrogen (secondary N) is 1. The molecule has 19 heavy (non-hydrogen) atoms. The van der Waals surface area contributed by atoms with Crippen molar-refractivity contribution in [3.63, 3.8) is 0 Å². The minimum Gasteiger partial charge on any atom is -0.358 e. The summed E-state index contributed by atoms with van der Waals surface area (Å²) in [6, 6.07) is 6.72. The molecule has 5 heteroatoms. The van der Waals surface area contributed by atoms with Gasteiger partial charge in [-0.15, -0.1) is 0 Å². The Bertz CT molecular complexity index is 490. The fourth-order valence-corrected chi connectivity index (χ4v) is 2.61. The summed E-state index contributed by atoms with van der Waals surface area (Å²) in [5.41, 5.74) is 0.593. The zero-order valence-electron chi connectivity index (χ0n) is 10.9. The summed E-state index contributed by atoms with van der Waals surface area (Å²) in [5, 5.41) is 3.20. The van der Waals surface area contributed by atoms with Gasteiger partial charge in [0.1, 0.15) is 0 Å². The van der Waals surface area contributed by atoms with Crippen LogP contribution < -0.4 is 5.32 Å². The van der Waals surface area contributed by atoms with Gasteiger partial charge in [0.05, 0.1) is 12.6 Å². The van der Waals surface area contributed by atoms with Crippen molar-refractivity contribution >= 4 is 23.3 Å². The van der Waals surface area contributed by atoms with Gasteiger partial charge in [-0.3, -0.25) is 14.5 Å². The van der Waals surface area contributed by atoms with E-state index in [-0.39, 0.29) is 24.3 Å². The lowest BCUT2D eigenvalue weighted by Crippen LogP contribution is -2.44. The Morgan fingerprint density at radius 1 is 1.47 bits per heavy atom. The van der Waals surface area contributed by atoms with E-state index in [0.29, 0.717) is 10.6 Å². The van der Waals surface area contributed by atoms with Crippen LogP contribution in [0.3, 0.4) is 0 Å². The molecule has 1 aromatic rings. The summed E-state index contributed by atoms with van der Waals surface area (Å²) in [5.74, 6) is -0.0188. The molecule has 1 aliphatic heterocycles. The van der Waals surface area contributed by atoms with E-state index in [1.165, 1.54) is 0 Å². The molecule has 0 saturated carbocycles. The zero-order valence-corrected chi connectivity index (χ0v) is 11.6.